The van der Waals surface area contributed by atoms with E-state index in [0.29, 0.717) is 24.1 Å². The van der Waals surface area contributed by atoms with Gasteiger partial charge in [-0.25, -0.2) is 0 Å². The van der Waals surface area contributed by atoms with E-state index < -0.39 is 17.7 Å². The van der Waals surface area contributed by atoms with E-state index in [0.717, 1.165) is 5.56 Å². The molecule has 0 bridgehead atoms. The van der Waals surface area contributed by atoms with E-state index in [1.165, 1.54) is 6.07 Å². The second kappa shape index (κ2) is 8.84. The Labute approximate surface area is 157 Å². The van der Waals surface area contributed by atoms with Crippen molar-refractivity contribution in [3.8, 4) is 5.75 Å². The lowest BCUT2D eigenvalue weighted by molar-refractivity contribution is -0.136. The maximum Gasteiger partial charge on any atom is 0.313 e. The van der Waals surface area contributed by atoms with E-state index in [1.54, 1.807) is 31.2 Å². The second-order valence-electron chi connectivity index (χ2n) is 6.43. The molecule has 0 aliphatic rings. The number of nitrogens with one attached hydrogen (secondary N) is 2. The summed E-state index contributed by atoms with van der Waals surface area (Å²) in [6.07, 6.45) is 1.34. The van der Waals surface area contributed by atoms with Crippen molar-refractivity contribution in [3.63, 3.8) is 0 Å². The molecule has 2 rings (SSSR count). The van der Waals surface area contributed by atoms with Crippen molar-refractivity contribution in [2.75, 3.05) is 5.32 Å². The third-order valence-electron chi connectivity index (χ3n) is 4.16. The Morgan fingerprint density at radius 3 is 2.37 bits per heavy atom. The number of hydrogen-bond donors (Lipinski definition) is 4. The van der Waals surface area contributed by atoms with Crippen molar-refractivity contribution >= 4 is 23.4 Å². The number of hydrogen-bond acceptors (Lipinski definition) is 4. The molecule has 0 radical (unpaired) electrons. The first kappa shape index (κ1) is 20.0. The summed E-state index contributed by atoms with van der Waals surface area (Å²) in [5.41, 5.74) is 7.58. The van der Waals surface area contributed by atoms with Crippen molar-refractivity contribution < 1.29 is 19.5 Å². The minimum absolute atomic E-state index is 0.201. The van der Waals surface area contributed by atoms with Gasteiger partial charge in [-0.2, -0.15) is 0 Å². The molecule has 0 spiro atoms. The number of nitrogens with two attached hydrogens (primary N) is 1. The highest BCUT2D eigenvalue weighted by Crippen LogP contribution is 2.17. The van der Waals surface area contributed by atoms with E-state index in [1.807, 2.05) is 19.1 Å². The highest BCUT2D eigenvalue weighted by molar-refractivity contribution is 6.39. The first-order valence-corrected chi connectivity index (χ1v) is 8.56. The predicted octanol–water partition coefficient (Wildman–Crippen LogP) is 1.88. The summed E-state index contributed by atoms with van der Waals surface area (Å²) in [5, 5.41) is 14.4. The molecule has 0 unspecified atom stereocenters. The van der Waals surface area contributed by atoms with Crippen LogP contribution < -0.4 is 16.4 Å². The lowest BCUT2D eigenvalue weighted by Gasteiger charge is -2.14. The molecule has 7 nitrogen and oxygen atoms in total. The third kappa shape index (κ3) is 5.85. The molecule has 0 fully saturated rings. The SMILES string of the molecule is Cc1ccc(C(N)=O)cc1NC(=O)C(=O)N[C@H](C)CCc1ccc(O)cc1. The van der Waals surface area contributed by atoms with Gasteiger partial charge in [0.25, 0.3) is 0 Å². The van der Waals surface area contributed by atoms with Crippen LogP contribution in [0.4, 0.5) is 5.69 Å². The first-order valence-electron chi connectivity index (χ1n) is 8.56. The fraction of sp³-hybridized carbons (Fsp3) is 0.250. The van der Waals surface area contributed by atoms with Crippen LogP contribution in [0.3, 0.4) is 0 Å². The molecular formula is C20H23N3O4. The van der Waals surface area contributed by atoms with Gasteiger partial charge in [0.05, 0.1) is 0 Å². The molecule has 1 atom stereocenters. The number of anilines is 1. The summed E-state index contributed by atoms with van der Waals surface area (Å²) in [4.78, 5) is 35.5. The van der Waals surface area contributed by atoms with Crippen molar-refractivity contribution in [2.45, 2.75) is 32.7 Å². The number of benzene rings is 2. The molecule has 0 aromatic heterocycles. The molecule has 0 aliphatic heterocycles. The summed E-state index contributed by atoms with van der Waals surface area (Å²) >= 11 is 0. The molecule has 0 heterocycles. The van der Waals surface area contributed by atoms with Crippen LogP contribution in [0, 0.1) is 6.92 Å². The zero-order chi connectivity index (χ0) is 20.0. The fourth-order valence-corrected chi connectivity index (χ4v) is 2.50. The molecule has 3 amide bonds. The molecule has 7 heteroatoms. The highest BCUT2D eigenvalue weighted by Gasteiger charge is 2.17. The Hall–Kier alpha value is -3.35. The smallest absolute Gasteiger partial charge is 0.313 e. The Morgan fingerprint density at radius 2 is 1.74 bits per heavy atom. The topological polar surface area (TPSA) is 122 Å². The van der Waals surface area contributed by atoms with Gasteiger partial charge in [0.15, 0.2) is 0 Å². The van der Waals surface area contributed by atoms with Crippen LogP contribution in [0.2, 0.25) is 0 Å². The van der Waals surface area contributed by atoms with E-state index in [9.17, 15) is 19.5 Å². The number of rotatable bonds is 6. The van der Waals surface area contributed by atoms with Crippen LogP contribution in [0.5, 0.6) is 5.75 Å². The van der Waals surface area contributed by atoms with Gasteiger partial charge in [-0.1, -0.05) is 18.2 Å². The highest BCUT2D eigenvalue weighted by atomic mass is 16.3. The van der Waals surface area contributed by atoms with E-state index in [-0.39, 0.29) is 17.4 Å². The number of phenols is 1. The van der Waals surface area contributed by atoms with Gasteiger partial charge < -0.3 is 21.5 Å². The number of phenolic OH excluding ortho intramolecular Hbond substituents is 1. The van der Waals surface area contributed by atoms with Gasteiger partial charge in [-0.15, -0.1) is 0 Å². The quantitative estimate of drug-likeness (QED) is 0.581. The van der Waals surface area contributed by atoms with Gasteiger partial charge in [0.1, 0.15) is 5.75 Å². The molecule has 5 N–H and O–H groups in total. The van der Waals surface area contributed by atoms with E-state index in [2.05, 4.69) is 10.6 Å². The molecule has 142 valence electrons. The summed E-state index contributed by atoms with van der Waals surface area (Å²) < 4.78 is 0. The monoisotopic (exact) mass is 369 g/mol. The third-order valence-corrected chi connectivity index (χ3v) is 4.16. The van der Waals surface area contributed by atoms with Crippen molar-refractivity contribution in [1.29, 1.82) is 0 Å². The minimum Gasteiger partial charge on any atom is -0.508 e. The van der Waals surface area contributed by atoms with Gasteiger partial charge in [0, 0.05) is 17.3 Å². The zero-order valence-electron chi connectivity index (χ0n) is 15.3. The summed E-state index contributed by atoms with van der Waals surface area (Å²) in [5.74, 6) is -1.97. The first-order chi connectivity index (χ1) is 12.8. The number of primary amides is 1. The van der Waals surface area contributed by atoms with Gasteiger partial charge in [-0.3, -0.25) is 14.4 Å². The fourth-order valence-electron chi connectivity index (χ4n) is 2.50. The summed E-state index contributed by atoms with van der Waals surface area (Å²) in [7, 11) is 0. The molecule has 27 heavy (non-hydrogen) atoms. The van der Waals surface area contributed by atoms with Crippen LogP contribution in [0.1, 0.15) is 34.8 Å². The Balaban J connectivity index is 1.89. The van der Waals surface area contributed by atoms with Gasteiger partial charge in [-0.05, 0) is 62.1 Å². The minimum atomic E-state index is -0.809. The largest absolute Gasteiger partial charge is 0.508 e. The second-order valence-corrected chi connectivity index (χ2v) is 6.43. The number of carbonyl (C=O) groups is 3. The maximum atomic E-state index is 12.1. The van der Waals surface area contributed by atoms with Crippen molar-refractivity contribution in [2.24, 2.45) is 5.73 Å². The number of amides is 3. The van der Waals surface area contributed by atoms with Crippen LogP contribution in [0.15, 0.2) is 42.5 Å². The standard InChI is InChI=1S/C20H23N3O4/c1-12-3-8-15(18(21)25)11-17(12)23-20(27)19(26)22-13(2)4-5-14-6-9-16(24)10-7-14/h3,6-11,13,24H,4-5H2,1-2H3,(H2,21,25)(H,22,26)(H,23,27)/t13-/m1/s1. The maximum absolute atomic E-state index is 12.1. The van der Waals surface area contributed by atoms with Crippen molar-refractivity contribution in [1.82, 2.24) is 5.32 Å². The number of aromatic hydroxyl groups is 1. The van der Waals surface area contributed by atoms with Gasteiger partial charge >= 0.3 is 11.8 Å². The van der Waals surface area contributed by atoms with Crippen LogP contribution in [0.25, 0.3) is 0 Å². The Kier molecular flexibility index (Phi) is 6.54. The molecule has 0 saturated heterocycles. The van der Waals surface area contributed by atoms with Crippen molar-refractivity contribution in [3.05, 3.63) is 59.2 Å². The molecule has 0 saturated carbocycles. The van der Waals surface area contributed by atoms with Gasteiger partial charge in [0.2, 0.25) is 5.91 Å². The Morgan fingerprint density at radius 1 is 1.07 bits per heavy atom. The van der Waals surface area contributed by atoms with E-state index in [4.69, 9.17) is 5.73 Å². The number of carbonyl (C=O) groups excluding carboxylic acids is 3. The zero-order valence-corrected chi connectivity index (χ0v) is 15.3. The average molecular weight is 369 g/mol. The lowest BCUT2D eigenvalue weighted by atomic mass is 10.1. The normalized spacial score (nSPS) is 11.5. The Bertz CT molecular complexity index is 847. The van der Waals surface area contributed by atoms with Crippen LogP contribution in [-0.4, -0.2) is 28.9 Å². The van der Waals surface area contributed by atoms with Crippen LogP contribution >= 0.6 is 0 Å². The summed E-state index contributed by atoms with van der Waals surface area (Å²) in [6, 6.07) is 11.3. The average Bonchev–Trinajstić information content (AvgIpc) is 2.62. The molecule has 2 aromatic carbocycles. The molecular weight excluding hydrogens is 346 g/mol. The lowest BCUT2D eigenvalue weighted by Crippen LogP contribution is -2.40. The van der Waals surface area contributed by atoms with E-state index >= 15 is 0 Å². The number of aryl methyl sites for hydroxylation is 2. The summed E-state index contributed by atoms with van der Waals surface area (Å²) in [6.45, 7) is 3.56. The predicted molar refractivity (Wildman–Crippen MR) is 102 cm³/mol. The molecule has 2 aromatic rings. The molecule has 0 aliphatic carbocycles. The van der Waals surface area contributed by atoms with Crippen LogP contribution in [-0.2, 0) is 16.0 Å².